The summed E-state index contributed by atoms with van der Waals surface area (Å²) in [4.78, 5) is 22.0. The maximum atomic E-state index is 11.2. The summed E-state index contributed by atoms with van der Waals surface area (Å²) in [5.74, 6) is 0.148. The molecule has 2 aromatic rings. The van der Waals surface area contributed by atoms with Crippen LogP contribution in [0.3, 0.4) is 0 Å². The minimum Gasteiger partial charge on any atom is -0.383 e. The number of nitrogen functional groups attached to an aromatic ring is 1. The smallest absolute Gasteiger partial charge is 0.253 e. The van der Waals surface area contributed by atoms with Crippen LogP contribution in [0.25, 0.3) is 0 Å². The van der Waals surface area contributed by atoms with Crippen molar-refractivity contribution in [2.75, 3.05) is 5.73 Å². The molecule has 0 amide bonds. The van der Waals surface area contributed by atoms with Gasteiger partial charge in [0.05, 0.1) is 11.6 Å². The topological polar surface area (TPSA) is 108 Å². The van der Waals surface area contributed by atoms with Gasteiger partial charge >= 0.3 is 0 Å². The zero-order chi connectivity index (χ0) is 13.1. The van der Waals surface area contributed by atoms with Crippen molar-refractivity contribution in [2.45, 2.75) is 17.1 Å². The van der Waals surface area contributed by atoms with Gasteiger partial charge in [0.15, 0.2) is 5.16 Å². The number of nitrogens with one attached hydrogen (secondary N) is 1. The number of hydrogen-bond acceptors (Lipinski definition) is 6. The zero-order valence-corrected chi connectivity index (χ0v) is 10.3. The minimum absolute atomic E-state index is 0.148. The van der Waals surface area contributed by atoms with Crippen molar-refractivity contribution in [3.63, 3.8) is 0 Å². The van der Waals surface area contributed by atoms with Crippen molar-refractivity contribution in [1.29, 1.82) is 5.26 Å². The van der Waals surface area contributed by atoms with Crippen molar-refractivity contribution in [1.82, 2.24) is 15.0 Å². The number of aromatic amines is 1. The van der Waals surface area contributed by atoms with Crippen molar-refractivity contribution < 1.29 is 0 Å². The van der Waals surface area contributed by atoms with Gasteiger partial charge in [0.25, 0.3) is 5.56 Å². The highest BCUT2D eigenvalue weighted by atomic mass is 32.2. The van der Waals surface area contributed by atoms with Gasteiger partial charge in [0.2, 0.25) is 0 Å². The van der Waals surface area contributed by atoms with Gasteiger partial charge < -0.3 is 10.7 Å². The van der Waals surface area contributed by atoms with E-state index in [2.05, 4.69) is 15.0 Å². The third-order valence-corrected chi connectivity index (χ3v) is 2.80. The summed E-state index contributed by atoms with van der Waals surface area (Å²) in [6, 6.07) is 6.56. The molecule has 0 radical (unpaired) electrons. The second-order valence-electron chi connectivity index (χ2n) is 3.52. The Morgan fingerprint density at radius 1 is 1.39 bits per heavy atom. The Morgan fingerprint density at radius 2 is 2.17 bits per heavy atom. The molecule has 0 aliphatic rings. The van der Waals surface area contributed by atoms with E-state index in [1.54, 1.807) is 19.1 Å². The Hall–Kier alpha value is -2.33. The standard InChI is InChI=1S/C11H9N5OS/c1-6-2-7(5-12)3-10(14-6)18-11-15-8(13)4-9(17)16-11/h2-4H,1H3,(H3,13,15,16,17). The van der Waals surface area contributed by atoms with Crippen molar-refractivity contribution >= 4 is 17.6 Å². The molecule has 0 aliphatic heterocycles. The number of H-pyrrole nitrogens is 1. The number of nitrogens with zero attached hydrogens (tertiary/aromatic N) is 3. The monoisotopic (exact) mass is 259 g/mol. The van der Waals surface area contributed by atoms with Gasteiger partial charge in [0, 0.05) is 11.8 Å². The molecule has 18 heavy (non-hydrogen) atoms. The van der Waals surface area contributed by atoms with Crippen LogP contribution in [0, 0.1) is 18.3 Å². The molecule has 0 unspecified atom stereocenters. The van der Waals surface area contributed by atoms with E-state index < -0.39 is 0 Å². The molecule has 0 aromatic carbocycles. The second-order valence-corrected chi connectivity index (χ2v) is 4.53. The predicted octanol–water partition coefficient (Wildman–Crippen LogP) is 1.08. The Bertz CT molecular complexity index is 689. The van der Waals surface area contributed by atoms with Crippen LogP contribution in [0.5, 0.6) is 0 Å². The molecule has 0 saturated carbocycles. The van der Waals surface area contributed by atoms with Gasteiger partial charge in [-0.2, -0.15) is 5.26 Å². The molecule has 0 bridgehead atoms. The summed E-state index contributed by atoms with van der Waals surface area (Å²) in [6.07, 6.45) is 0. The number of aromatic nitrogens is 3. The Morgan fingerprint density at radius 3 is 2.83 bits per heavy atom. The fraction of sp³-hybridized carbons (Fsp3) is 0.0909. The molecule has 2 heterocycles. The summed E-state index contributed by atoms with van der Waals surface area (Å²) in [7, 11) is 0. The molecule has 6 nitrogen and oxygen atoms in total. The first-order valence-corrected chi connectivity index (χ1v) is 5.82. The number of aryl methyl sites for hydroxylation is 1. The quantitative estimate of drug-likeness (QED) is 0.781. The van der Waals surface area contributed by atoms with Crippen LogP contribution in [0.15, 0.2) is 33.2 Å². The number of nitrogens with two attached hydrogens (primary N) is 1. The second kappa shape index (κ2) is 4.89. The molecule has 0 atom stereocenters. The van der Waals surface area contributed by atoms with Gasteiger partial charge in [-0.3, -0.25) is 4.79 Å². The summed E-state index contributed by atoms with van der Waals surface area (Å²) >= 11 is 1.15. The van der Waals surface area contributed by atoms with Gasteiger partial charge in [0.1, 0.15) is 10.8 Å². The number of pyridine rings is 1. The van der Waals surface area contributed by atoms with Crippen LogP contribution in [-0.2, 0) is 0 Å². The van der Waals surface area contributed by atoms with E-state index in [9.17, 15) is 4.79 Å². The normalized spacial score (nSPS) is 10.0. The van der Waals surface area contributed by atoms with Gasteiger partial charge in [-0.1, -0.05) is 0 Å². The van der Waals surface area contributed by atoms with Crippen LogP contribution < -0.4 is 11.3 Å². The van der Waals surface area contributed by atoms with Gasteiger partial charge in [-0.25, -0.2) is 9.97 Å². The third-order valence-electron chi connectivity index (χ3n) is 2.00. The molecule has 0 spiro atoms. The van der Waals surface area contributed by atoms with E-state index in [1.807, 2.05) is 6.07 Å². The third kappa shape index (κ3) is 2.87. The van der Waals surface area contributed by atoms with E-state index in [-0.39, 0.29) is 11.4 Å². The van der Waals surface area contributed by atoms with Crippen molar-refractivity contribution in [3.8, 4) is 6.07 Å². The molecule has 3 N–H and O–H groups in total. The highest BCUT2D eigenvalue weighted by molar-refractivity contribution is 7.99. The number of anilines is 1. The largest absolute Gasteiger partial charge is 0.383 e. The highest BCUT2D eigenvalue weighted by Gasteiger charge is 2.05. The lowest BCUT2D eigenvalue weighted by molar-refractivity contribution is 0.937. The van der Waals surface area contributed by atoms with Crippen molar-refractivity contribution in [3.05, 3.63) is 39.8 Å². The van der Waals surface area contributed by atoms with E-state index in [1.165, 1.54) is 6.07 Å². The SMILES string of the molecule is Cc1cc(C#N)cc(Sc2nc(N)cc(=O)[nH]2)n1. The summed E-state index contributed by atoms with van der Waals surface area (Å²) in [5, 5.41) is 9.79. The average Bonchev–Trinajstić information content (AvgIpc) is 2.26. The summed E-state index contributed by atoms with van der Waals surface area (Å²) in [5.41, 5.74) is 6.40. The molecular weight excluding hydrogens is 250 g/mol. The lowest BCUT2D eigenvalue weighted by atomic mass is 10.2. The molecule has 7 heteroatoms. The lowest BCUT2D eigenvalue weighted by Gasteiger charge is -2.02. The van der Waals surface area contributed by atoms with Crippen LogP contribution in [0.4, 0.5) is 5.82 Å². The van der Waals surface area contributed by atoms with Crippen LogP contribution in [0.1, 0.15) is 11.3 Å². The van der Waals surface area contributed by atoms with Gasteiger partial charge in [-0.05, 0) is 30.8 Å². The summed E-state index contributed by atoms with van der Waals surface area (Å²) < 4.78 is 0. The molecule has 0 aliphatic carbocycles. The highest BCUT2D eigenvalue weighted by Crippen LogP contribution is 2.23. The molecule has 2 rings (SSSR count). The van der Waals surface area contributed by atoms with E-state index in [4.69, 9.17) is 11.0 Å². The Kier molecular flexibility index (Phi) is 3.30. The van der Waals surface area contributed by atoms with Crippen LogP contribution in [0.2, 0.25) is 0 Å². The minimum atomic E-state index is -0.321. The molecule has 90 valence electrons. The van der Waals surface area contributed by atoms with Crippen LogP contribution in [-0.4, -0.2) is 15.0 Å². The van der Waals surface area contributed by atoms with E-state index in [0.717, 1.165) is 17.5 Å². The lowest BCUT2D eigenvalue weighted by Crippen LogP contribution is -2.09. The zero-order valence-electron chi connectivity index (χ0n) is 9.47. The molecule has 0 fully saturated rings. The van der Waals surface area contributed by atoms with Crippen LogP contribution >= 0.6 is 11.8 Å². The molecular formula is C11H9N5OS. The number of rotatable bonds is 2. The summed E-state index contributed by atoms with van der Waals surface area (Å²) in [6.45, 7) is 1.79. The van der Waals surface area contributed by atoms with Crippen molar-refractivity contribution in [2.24, 2.45) is 0 Å². The average molecular weight is 259 g/mol. The van der Waals surface area contributed by atoms with E-state index >= 15 is 0 Å². The fourth-order valence-corrected chi connectivity index (χ4v) is 2.23. The Balaban J connectivity index is 2.37. The van der Waals surface area contributed by atoms with E-state index in [0.29, 0.717) is 15.7 Å². The predicted molar refractivity (Wildman–Crippen MR) is 67.1 cm³/mol. The first-order valence-electron chi connectivity index (χ1n) is 5.00. The first-order chi connectivity index (χ1) is 8.56. The first kappa shape index (κ1) is 12.1. The molecule has 2 aromatic heterocycles. The molecule has 0 saturated heterocycles. The maximum absolute atomic E-state index is 11.2. The fourth-order valence-electron chi connectivity index (χ4n) is 1.36. The Labute approximate surface area is 107 Å². The number of hydrogen-bond donors (Lipinski definition) is 2. The van der Waals surface area contributed by atoms with Gasteiger partial charge in [-0.15, -0.1) is 0 Å². The maximum Gasteiger partial charge on any atom is 0.253 e. The number of nitriles is 1.